The van der Waals surface area contributed by atoms with Crippen LogP contribution < -0.4 is 4.74 Å². The molecule has 2 aromatic rings. The number of benzene rings is 1. The van der Waals surface area contributed by atoms with Crippen LogP contribution >= 0.6 is 23.2 Å². The maximum atomic E-state index is 8.86. The fourth-order valence-corrected chi connectivity index (χ4v) is 1.72. The molecule has 0 unspecified atom stereocenters. The summed E-state index contributed by atoms with van der Waals surface area (Å²) in [6.45, 7) is 1.92. The van der Waals surface area contributed by atoms with Crippen molar-refractivity contribution < 1.29 is 4.74 Å². The Bertz CT molecular complexity index is 635. The molecule has 0 fully saturated rings. The molecule has 0 aliphatic carbocycles. The third-order valence-corrected chi connectivity index (χ3v) is 2.95. The molecule has 0 amide bonds. The summed E-state index contributed by atoms with van der Waals surface area (Å²) in [5, 5.41) is 9.50. The largest absolute Gasteiger partial charge is 0.436 e. The Hall–Kier alpha value is -1.76. The molecule has 0 bridgehead atoms. The Morgan fingerprint density at radius 2 is 2.06 bits per heavy atom. The van der Waals surface area contributed by atoms with E-state index in [-0.39, 0.29) is 10.9 Å². The summed E-state index contributed by atoms with van der Waals surface area (Å²) >= 11 is 12.0. The normalized spacial score (nSPS) is 9.89. The van der Waals surface area contributed by atoms with Crippen molar-refractivity contribution in [2.45, 2.75) is 6.92 Å². The highest BCUT2D eigenvalue weighted by molar-refractivity contribution is 6.33. The zero-order valence-electron chi connectivity index (χ0n) is 9.45. The first-order valence-electron chi connectivity index (χ1n) is 5.10. The van der Waals surface area contributed by atoms with E-state index in [4.69, 9.17) is 33.2 Å². The molecule has 90 valence electrons. The Morgan fingerprint density at radius 3 is 2.78 bits per heavy atom. The number of halogens is 2. The molecule has 0 saturated carbocycles. The number of nitrogens with zero attached hydrogens (tertiary/aromatic N) is 2. The molecule has 1 heterocycles. The molecule has 1 aromatic heterocycles. The van der Waals surface area contributed by atoms with Gasteiger partial charge in [-0.3, -0.25) is 0 Å². The van der Waals surface area contributed by atoms with E-state index in [1.165, 1.54) is 12.3 Å². The number of hydrogen-bond acceptors (Lipinski definition) is 3. The van der Waals surface area contributed by atoms with Crippen LogP contribution in [0.15, 0.2) is 30.5 Å². The molecule has 1 aromatic carbocycles. The van der Waals surface area contributed by atoms with Gasteiger partial charge in [0.2, 0.25) is 5.88 Å². The van der Waals surface area contributed by atoms with Gasteiger partial charge in [0, 0.05) is 6.20 Å². The number of hydrogen-bond donors (Lipinski definition) is 0. The number of pyridine rings is 1. The summed E-state index contributed by atoms with van der Waals surface area (Å²) in [6, 6.07) is 8.86. The molecular formula is C13H8Cl2N2O. The second-order valence-corrected chi connectivity index (χ2v) is 4.41. The second kappa shape index (κ2) is 5.26. The molecule has 5 heteroatoms. The van der Waals surface area contributed by atoms with Crippen LogP contribution in [0.1, 0.15) is 11.1 Å². The van der Waals surface area contributed by atoms with Crippen LogP contribution in [0.4, 0.5) is 0 Å². The van der Waals surface area contributed by atoms with Gasteiger partial charge in [0.1, 0.15) is 16.8 Å². The van der Waals surface area contributed by atoms with Gasteiger partial charge in [-0.1, -0.05) is 29.3 Å². The lowest BCUT2D eigenvalue weighted by atomic mass is 10.2. The lowest BCUT2D eigenvalue weighted by Gasteiger charge is -2.09. The minimum atomic E-state index is 0.170. The van der Waals surface area contributed by atoms with E-state index in [1.807, 2.05) is 19.1 Å². The molecule has 0 N–H and O–H groups in total. The van der Waals surface area contributed by atoms with Crippen LogP contribution in [-0.4, -0.2) is 4.98 Å². The van der Waals surface area contributed by atoms with Crippen molar-refractivity contribution in [3.63, 3.8) is 0 Å². The predicted molar refractivity (Wildman–Crippen MR) is 70.2 cm³/mol. The number of rotatable bonds is 2. The molecule has 0 aliphatic rings. The van der Waals surface area contributed by atoms with Crippen molar-refractivity contribution in [2.75, 3.05) is 0 Å². The van der Waals surface area contributed by atoms with Crippen molar-refractivity contribution in [3.8, 4) is 17.7 Å². The molecule has 2 rings (SSSR count). The molecule has 0 atom stereocenters. The monoisotopic (exact) mass is 278 g/mol. The topological polar surface area (TPSA) is 45.9 Å². The van der Waals surface area contributed by atoms with Gasteiger partial charge >= 0.3 is 0 Å². The van der Waals surface area contributed by atoms with E-state index < -0.39 is 0 Å². The zero-order chi connectivity index (χ0) is 13.1. The van der Waals surface area contributed by atoms with Gasteiger partial charge in [-0.25, -0.2) is 4.98 Å². The summed E-state index contributed by atoms with van der Waals surface area (Å²) in [6.07, 6.45) is 1.46. The first-order valence-corrected chi connectivity index (χ1v) is 5.86. The van der Waals surface area contributed by atoms with Crippen LogP contribution in [0.3, 0.4) is 0 Å². The van der Waals surface area contributed by atoms with Crippen molar-refractivity contribution in [1.29, 1.82) is 5.26 Å². The van der Waals surface area contributed by atoms with Gasteiger partial charge in [0.05, 0.1) is 10.6 Å². The van der Waals surface area contributed by atoms with Gasteiger partial charge < -0.3 is 4.74 Å². The molecule has 0 radical (unpaired) electrons. The number of nitriles is 1. The maximum Gasteiger partial charge on any atom is 0.239 e. The summed E-state index contributed by atoms with van der Waals surface area (Å²) in [7, 11) is 0. The quantitative estimate of drug-likeness (QED) is 0.820. The molecular weight excluding hydrogens is 271 g/mol. The Kier molecular flexibility index (Phi) is 3.71. The minimum Gasteiger partial charge on any atom is -0.436 e. The second-order valence-electron chi connectivity index (χ2n) is 3.63. The van der Waals surface area contributed by atoms with Gasteiger partial charge in [0.15, 0.2) is 0 Å². The van der Waals surface area contributed by atoms with Crippen LogP contribution in [0, 0.1) is 18.3 Å². The number of aryl methyl sites for hydroxylation is 1. The third kappa shape index (κ3) is 2.56. The van der Waals surface area contributed by atoms with E-state index in [0.29, 0.717) is 16.3 Å². The molecule has 0 saturated heterocycles. The lowest BCUT2D eigenvalue weighted by Crippen LogP contribution is -1.92. The Balaban J connectivity index is 2.41. The van der Waals surface area contributed by atoms with Crippen LogP contribution in [-0.2, 0) is 0 Å². The Labute approximate surface area is 115 Å². The maximum absolute atomic E-state index is 8.86. The Morgan fingerprint density at radius 1 is 1.28 bits per heavy atom. The first-order chi connectivity index (χ1) is 8.61. The van der Waals surface area contributed by atoms with E-state index in [2.05, 4.69) is 4.98 Å². The van der Waals surface area contributed by atoms with E-state index in [9.17, 15) is 0 Å². The van der Waals surface area contributed by atoms with E-state index >= 15 is 0 Å². The number of aromatic nitrogens is 1. The molecule has 0 spiro atoms. The summed E-state index contributed by atoms with van der Waals surface area (Å²) in [4.78, 5) is 3.99. The average Bonchev–Trinajstić information content (AvgIpc) is 2.36. The van der Waals surface area contributed by atoms with E-state index in [0.717, 1.165) is 5.56 Å². The van der Waals surface area contributed by atoms with Crippen LogP contribution in [0.5, 0.6) is 11.6 Å². The van der Waals surface area contributed by atoms with Crippen molar-refractivity contribution in [1.82, 2.24) is 4.98 Å². The average molecular weight is 279 g/mol. The lowest BCUT2D eigenvalue weighted by molar-refractivity contribution is 0.463. The highest BCUT2D eigenvalue weighted by Gasteiger charge is 2.11. The fraction of sp³-hybridized carbons (Fsp3) is 0.0769. The highest BCUT2D eigenvalue weighted by Crippen LogP contribution is 2.33. The molecule has 18 heavy (non-hydrogen) atoms. The SMILES string of the molecule is Cc1ccc(Cl)c(Oc2nccc(C#N)c2Cl)c1. The third-order valence-electron chi connectivity index (χ3n) is 2.27. The van der Waals surface area contributed by atoms with E-state index in [1.54, 1.807) is 12.1 Å². The van der Waals surface area contributed by atoms with Gasteiger partial charge in [-0.05, 0) is 30.7 Å². The van der Waals surface area contributed by atoms with Crippen LogP contribution in [0.2, 0.25) is 10.0 Å². The zero-order valence-corrected chi connectivity index (χ0v) is 11.0. The van der Waals surface area contributed by atoms with Crippen molar-refractivity contribution in [3.05, 3.63) is 51.6 Å². The van der Waals surface area contributed by atoms with Crippen molar-refractivity contribution >= 4 is 23.2 Å². The van der Waals surface area contributed by atoms with Gasteiger partial charge in [-0.15, -0.1) is 0 Å². The summed E-state index contributed by atoms with van der Waals surface area (Å²) in [5.41, 5.74) is 1.31. The predicted octanol–water partition coefficient (Wildman–Crippen LogP) is 4.36. The van der Waals surface area contributed by atoms with Crippen molar-refractivity contribution in [2.24, 2.45) is 0 Å². The molecule has 0 aliphatic heterocycles. The molecule has 3 nitrogen and oxygen atoms in total. The fourth-order valence-electron chi connectivity index (χ4n) is 1.37. The van der Waals surface area contributed by atoms with Gasteiger partial charge in [0.25, 0.3) is 0 Å². The minimum absolute atomic E-state index is 0.170. The smallest absolute Gasteiger partial charge is 0.239 e. The highest BCUT2D eigenvalue weighted by atomic mass is 35.5. The standard InChI is InChI=1S/C13H8Cl2N2O/c1-8-2-3-10(14)11(6-8)18-13-12(15)9(7-16)4-5-17-13/h2-6H,1H3. The first kappa shape index (κ1) is 12.7. The van der Waals surface area contributed by atoms with Gasteiger partial charge in [-0.2, -0.15) is 5.26 Å². The number of ether oxygens (including phenoxy) is 1. The summed E-state index contributed by atoms with van der Waals surface area (Å²) in [5.74, 6) is 0.629. The summed E-state index contributed by atoms with van der Waals surface area (Å²) < 4.78 is 5.54. The van der Waals surface area contributed by atoms with Crippen LogP contribution in [0.25, 0.3) is 0 Å².